The van der Waals surface area contributed by atoms with E-state index in [0.717, 1.165) is 42.4 Å². The van der Waals surface area contributed by atoms with Crippen molar-refractivity contribution in [3.05, 3.63) is 46.2 Å². The Kier molecular flexibility index (Phi) is 3.71. The largest absolute Gasteiger partial charge is 0.465 e. The van der Waals surface area contributed by atoms with Crippen LogP contribution in [0.3, 0.4) is 0 Å². The summed E-state index contributed by atoms with van der Waals surface area (Å²) in [5.41, 5.74) is 2.11. The van der Waals surface area contributed by atoms with Gasteiger partial charge >= 0.3 is 0 Å². The van der Waals surface area contributed by atoms with Gasteiger partial charge in [-0.05, 0) is 36.8 Å². The lowest BCUT2D eigenvalue weighted by molar-refractivity contribution is -0.913. The standard InChI is InChI=1S/C17H19N3O2S/c1-2-20-8-7-12-13(10-20)23-17-15(12)16(21)18-14(19-17)6-5-11-4-3-9-22-11/h3-6,9,14,19H,2,7-8,10H2,1H3,(H,18,21)/p+1/b6-5+/t14-/m1/s1. The van der Waals surface area contributed by atoms with E-state index in [9.17, 15) is 4.79 Å². The smallest absolute Gasteiger partial charge is 0.256 e. The van der Waals surface area contributed by atoms with Gasteiger partial charge in [-0.1, -0.05) is 0 Å². The summed E-state index contributed by atoms with van der Waals surface area (Å²) in [5, 5.41) is 7.45. The van der Waals surface area contributed by atoms with Crippen LogP contribution in [0.1, 0.15) is 33.5 Å². The molecule has 4 rings (SSSR count). The van der Waals surface area contributed by atoms with E-state index < -0.39 is 0 Å². The fourth-order valence-corrected chi connectivity index (χ4v) is 4.60. The van der Waals surface area contributed by atoms with Crippen molar-refractivity contribution < 1.29 is 14.1 Å². The summed E-state index contributed by atoms with van der Waals surface area (Å²) in [6.07, 6.45) is 6.22. The van der Waals surface area contributed by atoms with E-state index in [1.165, 1.54) is 10.4 Å². The van der Waals surface area contributed by atoms with Crippen molar-refractivity contribution in [1.82, 2.24) is 5.32 Å². The van der Waals surface area contributed by atoms with Crippen molar-refractivity contribution in [2.24, 2.45) is 0 Å². The molecular weight excluding hydrogens is 310 g/mol. The van der Waals surface area contributed by atoms with Crippen LogP contribution in [0, 0.1) is 0 Å². The van der Waals surface area contributed by atoms with Crippen molar-refractivity contribution in [1.29, 1.82) is 0 Å². The van der Waals surface area contributed by atoms with Crippen LogP contribution in [0.15, 0.2) is 28.9 Å². The summed E-state index contributed by atoms with van der Waals surface area (Å²) in [7, 11) is 0. The Hall–Kier alpha value is -2.05. The van der Waals surface area contributed by atoms with Gasteiger partial charge in [-0.3, -0.25) is 4.79 Å². The molecule has 120 valence electrons. The van der Waals surface area contributed by atoms with Gasteiger partial charge in [0.15, 0.2) is 0 Å². The molecule has 4 heterocycles. The van der Waals surface area contributed by atoms with Gasteiger partial charge in [0.1, 0.15) is 23.5 Å². The highest BCUT2D eigenvalue weighted by atomic mass is 32.1. The number of hydrogen-bond acceptors (Lipinski definition) is 4. The Morgan fingerprint density at radius 2 is 2.39 bits per heavy atom. The quantitative estimate of drug-likeness (QED) is 0.799. The Balaban J connectivity index is 1.58. The monoisotopic (exact) mass is 330 g/mol. The van der Waals surface area contributed by atoms with Gasteiger partial charge in [-0.2, -0.15) is 0 Å². The van der Waals surface area contributed by atoms with E-state index in [-0.39, 0.29) is 12.1 Å². The average molecular weight is 330 g/mol. The molecule has 0 radical (unpaired) electrons. The topological polar surface area (TPSA) is 58.7 Å². The zero-order valence-corrected chi connectivity index (χ0v) is 13.8. The van der Waals surface area contributed by atoms with Crippen molar-refractivity contribution in [3.8, 4) is 0 Å². The van der Waals surface area contributed by atoms with Gasteiger partial charge in [-0.25, -0.2) is 0 Å². The summed E-state index contributed by atoms with van der Waals surface area (Å²) in [4.78, 5) is 15.5. The van der Waals surface area contributed by atoms with Crippen LogP contribution in [0.25, 0.3) is 6.08 Å². The number of fused-ring (bicyclic) bond motifs is 3. The lowest BCUT2D eigenvalue weighted by Gasteiger charge is -2.25. The Morgan fingerprint density at radius 3 is 3.17 bits per heavy atom. The molecule has 1 unspecified atom stereocenters. The maximum Gasteiger partial charge on any atom is 0.256 e. The normalized spacial score (nSPS) is 23.3. The first kappa shape index (κ1) is 14.5. The molecular formula is C17H20N3O2S+. The van der Waals surface area contributed by atoms with Crippen molar-refractivity contribution in [2.45, 2.75) is 26.1 Å². The third-order valence-corrected chi connectivity index (χ3v) is 5.69. The SMILES string of the molecule is CC[NH+]1CCc2c(sc3c2C(=O)N[C@@H](/C=C/c2ccco2)N3)C1. The lowest BCUT2D eigenvalue weighted by Crippen LogP contribution is -3.11. The predicted molar refractivity (Wildman–Crippen MR) is 90.7 cm³/mol. The Bertz CT molecular complexity index is 748. The van der Waals surface area contributed by atoms with Gasteiger partial charge in [0.25, 0.3) is 5.91 Å². The second-order valence-electron chi connectivity index (χ2n) is 5.96. The lowest BCUT2D eigenvalue weighted by atomic mass is 10.0. The molecule has 2 atom stereocenters. The maximum absolute atomic E-state index is 12.5. The van der Waals surface area contributed by atoms with Crippen LogP contribution in [0.4, 0.5) is 5.00 Å². The molecule has 0 aliphatic carbocycles. The summed E-state index contributed by atoms with van der Waals surface area (Å²) in [6.45, 7) is 5.50. The van der Waals surface area contributed by atoms with Gasteiger partial charge < -0.3 is 20.0 Å². The predicted octanol–water partition coefficient (Wildman–Crippen LogP) is 1.50. The molecule has 0 saturated heterocycles. The molecule has 0 saturated carbocycles. The molecule has 0 aromatic carbocycles. The molecule has 3 N–H and O–H groups in total. The number of carbonyl (C=O) groups is 1. The Morgan fingerprint density at radius 1 is 1.48 bits per heavy atom. The Labute approximate surface area is 139 Å². The number of anilines is 1. The minimum atomic E-state index is -0.199. The number of nitrogens with one attached hydrogen (secondary N) is 3. The van der Waals surface area contributed by atoms with E-state index in [1.54, 1.807) is 22.5 Å². The molecule has 1 amide bonds. The third-order valence-electron chi connectivity index (χ3n) is 4.53. The van der Waals surface area contributed by atoms with Crippen LogP contribution in [-0.4, -0.2) is 25.2 Å². The summed E-state index contributed by atoms with van der Waals surface area (Å²) in [6, 6.07) is 3.73. The fraction of sp³-hybridized carbons (Fsp3) is 0.353. The molecule has 6 heteroatoms. The number of amides is 1. The van der Waals surface area contributed by atoms with E-state index in [1.807, 2.05) is 24.3 Å². The van der Waals surface area contributed by atoms with E-state index in [4.69, 9.17) is 4.42 Å². The molecule has 0 bridgehead atoms. The number of likely N-dealkylation sites (N-methyl/N-ethyl adjacent to an activating group) is 1. The van der Waals surface area contributed by atoms with Crippen molar-refractivity contribution >= 4 is 28.3 Å². The van der Waals surface area contributed by atoms with Crippen molar-refractivity contribution in [3.63, 3.8) is 0 Å². The summed E-state index contributed by atoms with van der Waals surface area (Å²) < 4.78 is 5.28. The van der Waals surface area contributed by atoms with Gasteiger partial charge in [-0.15, -0.1) is 11.3 Å². The minimum Gasteiger partial charge on any atom is -0.465 e. The molecule has 0 spiro atoms. The summed E-state index contributed by atoms with van der Waals surface area (Å²) in [5.74, 6) is 0.810. The van der Waals surface area contributed by atoms with Crippen LogP contribution in [0.2, 0.25) is 0 Å². The van der Waals surface area contributed by atoms with Crippen LogP contribution < -0.4 is 15.5 Å². The minimum absolute atomic E-state index is 0.0327. The van der Waals surface area contributed by atoms with Crippen LogP contribution in [-0.2, 0) is 13.0 Å². The number of quaternary nitrogens is 1. The highest BCUT2D eigenvalue weighted by Crippen LogP contribution is 2.36. The third kappa shape index (κ3) is 2.68. The number of hydrogen-bond donors (Lipinski definition) is 3. The van der Waals surface area contributed by atoms with Crippen LogP contribution >= 0.6 is 11.3 Å². The second kappa shape index (κ2) is 5.86. The van der Waals surface area contributed by atoms with Crippen molar-refractivity contribution in [2.75, 3.05) is 18.4 Å². The van der Waals surface area contributed by atoms with E-state index in [2.05, 4.69) is 17.6 Å². The van der Waals surface area contributed by atoms with Gasteiger partial charge in [0, 0.05) is 6.42 Å². The zero-order valence-electron chi connectivity index (χ0n) is 13.0. The van der Waals surface area contributed by atoms with Crippen LogP contribution in [0.5, 0.6) is 0 Å². The number of thiophene rings is 1. The first-order chi connectivity index (χ1) is 11.2. The highest BCUT2D eigenvalue weighted by Gasteiger charge is 2.33. The van der Waals surface area contributed by atoms with E-state index >= 15 is 0 Å². The van der Waals surface area contributed by atoms with Gasteiger partial charge in [0.05, 0.1) is 29.8 Å². The molecule has 5 nitrogen and oxygen atoms in total. The summed E-state index contributed by atoms with van der Waals surface area (Å²) >= 11 is 1.74. The first-order valence-corrected chi connectivity index (χ1v) is 8.83. The van der Waals surface area contributed by atoms with E-state index in [0.29, 0.717) is 0 Å². The molecule has 0 fully saturated rings. The fourth-order valence-electron chi connectivity index (χ4n) is 3.24. The molecule has 2 aromatic rings. The zero-order chi connectivity index (χ0) is 15.8. The number of carbonyl (C=O) groups excluding carboxylic acids is 1. The molecule has 2 aromatic heterocycles. The molecule has 23 heavy (non-hydrogen) atoms. The molecule has 2 aliphatic heterocycles. The first-order valence-electron chi connectivity index (χ1n) is 8.02. The second-order valence-corrected chi connectivity index (χ2v) is 7.06. The number of furan rings is 1. The average Bonchev–Trinajstić information content (AvgIpc) is 3.19. The highest BCUT2D eigenvalue weighted by molar-refractivity contribution is 7.16. The maximum atomic E-state index is 12.5. The molecule has 2 aliphatic rings. The van der Waals surface area contributed by atoms with Gasteiger partial charge in [0.2, 0.25) is 0 Å². The number of rotatable bonds is 3.